The van der Waals surface area contributed by atoms with E-state index >= 15 is 0 Å². The average molecular weight is 302 g/mol. The van der Waals surface area contributed by atoms with Gasteiger partial charge in [-0.15, -0.1) is 0 Å². The third-order valence-electron chi connectivity index (χ3n) is 3.62. The SMILES string of the molecule is CCn1nc(C)c(Br)c1CC(O)(CN)C1CC1. The van der Waals surface area contributed by atoms with Crippen molar-refractivity contribution in [1.29, 1.82) is 0 Å². The third-order valence-corrected chi connectivity index (χ3v) is 4.65. The van der Waals surface area contributed by atoms with Crippen molar-refractivity contribution in [2.45, 2.75) is 45.3 Å². The summed E-state index contributed by atoms with van der Waals surface area (Å²) in [5, 5.41) is 15.0. The lowest BCUT2D eigenvalue weighted by Crippen LogP contribution is -2.42. The van der Waals surface area contributed by atoms with E-state index in [9.17, 15) is 5.11 Å². The maximum absolute atomic E-state index is 10.6. The van der Waals surface area contributed by atoms with Crippen molar-refractivity contribution >= 4 is 15.9 Å². The zero-order valence-electron chi connectivity index (χ0n) is 10.4. The van der Waals surface area contributed by atoms with Crippen LogP contribution < -0.4 is 5.73 Å². The van der Waals surface area contributed by atoms with Gasteiger partial charge in [0.2, 0.25) is 0 Å². The summed E-state index contributed by atoms with van der Waals surface area (Å²) in [5.41, 5.74) is 7.02. The highest BCUT2D eigenvalue weighted by Gasteiger charge is 2.43. The molecule has 1 aliphatic rings. The van der Waals surface area contributed by atoms with Crippen LogP contribution in [0.5, 0.6) is 0 Å². The van der Waals surface area contributed by atoms with Gasteiger partial charge < -0.3 is 10.8 Å². The molecule has 2 rings (SSSR count). The van der Waals surface area contributed by atoms with Gasteiger partial charge in [0, 0.05) is 19.5 Å². The minimum Gasteiger partial charge on any atom is -0.388 e. The quantitative estimate of drug-likeness (QED) is 0.868. The Labute approximate surface area is 110 Å². The number of aliphatic hydroxyl groups is 1. The maximum atomic E-state index is 10.6. The average Bonchev–Trinajstić information content (AvgIpc) is 3.13. The molecule has 0 aromatic carbocycles. The Morgan fingerprint density at radius 2 is 2.24 bits per heavy atom. The molecule has 1 fully saturated rings. The molecule has 3 N–H and O–H groups in total. The van der Waals surface area contributed by atoms with Crippen molar-refractivity contribution in [3.63, 3.8) is 0 Å². The Hall–Kier alpha value is -0.390. The normalized spacial score (nSPS) is 19.4. The minimum absolute atomic E-state index is 0.318. The van der Waals surface area contributed by atoms with Gasteiger partial charge in [-0.05, 0) is 48.5 Å². The number of hydrogen-bond acceptors (Lipinski definition) is 3. The molecule has 0 spiro atoms. The van der Waals surface area contributed by atoms with Crippen LogP contribution in [0.4, 0.5) is 0 Å². The Bertz CT molecular complexity index is 414. The molecule has 1 aliphatic carbocycles. The molecule has 0 aliphatic heterocycles. The summed E-state index contributed by atoms with van der Waals surface area (Å²) in [4.78, 5) is 0. The van der Waals surface area contributed by atoms with Gasteiger partial charge in [-0.25, -0.2) is 0 Å². The van der Waals surface area contributed by atoms with E-state index in [0.717, 1.165) is 35.2 Å². The van der Waals surface area contributed by atoms with Gasteiger partial charge in [0.05, 0.1) is 21.5 Å². The Kier molecular flexibility index (Phi) is 3.61. The number of rotatable bonds is 5. The van der Waals surface area contributed by atoms with Crippen LogP contribution in [0.25, 0.3) is 0 Å². The van der Waals surface area contributed by atoms with E-state index in [4.69, 9.17) is 5.73 Å². The van der Waals surface area contributed by atoms with E-state index in [-0.39, 0.29) is 0 Å². The molecule has 17 heavy (non-hydrogen) atoms. The molecule has 0 amide bonds. The summed E-state index contributed by atoms with van der Waals surface area (Å²) in [6.45, 7) is 5.16. The van der Waals surface area contributed by atoms with Crippen LogP contribution in [-0.4, -0.2) is 27.0 Å². The molecule has 0 bridgehead atoms. The molecule has 5 heteroatoms. The van der Waals surface area contributed by atoms with Crippen LogP contribution in [0, 0.1) is 12.8 Å². The van der Waals surface area contributed by atoms with Crippen LogP contribution in [0.1, 0.15) is 31.2 Å². The fourth-order valence-corrected chi connectivity index (χ4v) is 2.76. The first-order chi connectivity index (χ1) is 8.01. The number of nitrogens with two attached hydrogens (primary N) is 1. The van der Waals surface area contributed by atoms with Crippen molar-refractivity contribution in [2.75, 3.05) is 6.54 Å². The minimum atomic E-state index is -0.762. The molecular weight excluding hydrogens is 282 g/mol. The topological polar surface area (TPSA) is 64.1 Å². The molecule has 0 radical (unpaired) electrons. The van der Waals surface area contributed by atoms with Crippen molar-refractivity contribution in [2.24, 2.45) is 11.7 Å². The molecule has 1 saturated carbocycles. The van der Waals surface area contributed by atoms with Crippen LogP contribution >= 0.6 is 15.9 Å². The van der Waals surface area contributed by atoms with Gasteiger partial charge in [0.25, 0.3) is 0 Å². The lowest BCUT2D eigenvalue weighted by Gasteiger charge is -2.26. The van der Waals surface area contributed by atoms with Gasteiger partial charge >= 0.3 is 0 Å². The largest absolute Gasteiger partial charge is 0.388 e. The predicted molar refractivity (Wildman–Crippen MR) is 70.8 cm³/mol. The molecular formula is C12H20BrN3O. The molecule has 0 saturated heterocycles. The number of aryl methyl sites for hydroxylation is 2. The summed E-state index contributed by atoms with van der Waals surface area (Å²) in [6, 6.07) is 0. The van der Waals surface area contributed by atoms with E-state index in [1.54, 1.807) is 0 Å². The monoisotopic (exact) mass is 301 g/mol. The zero-order chi connectivity index (χ0) is 12.6. The summed E-state index contributed by atoms with van der Waals surface area (Å²) in [5.74, 6) is 0.361. The highest BCUT2D eigenvalue weighted by molar-refractivity contribution is 9.10. The maximum Gasteiger partial charge on any atom is 0.0852 e. The van der Waals surface area contributed by atoms with Crippen molar-refractivity contribution in [3.8, 4) is 0 Å². The second-order valence-electron chi connectivity index (χ2n) is 4.92. The van der Waals surface area contributed by atoms with E-state index < -0.39 is 5.60 Å². The van der Waals surface area contributed by atoms with E-state index in [0.29, 0.717) is 18.9 Å². The van der Waals surface area contributed by atoms with Crippen LogP contribution in [0.3, 0.4) is 0 Å². The summed E-state index contributed by atoms with van der Waals surface area (Å²) >= 11 is 3.56. The first kappa shape index (κ1) is 13.1. The second kappa shape index (κ2) is 4.71. The first-order valence-electron chi connectivity index (χ1n) is 6.16. The van der Waals surface area contributed by atoms with Crippen molar-refractivity contribution in [3.05, 3.63) is 15.9 Å². The van der Waals surface area contributed by atoms with E-state index in [2.05, 4.69) is 28.0 Å². The number of hydrogen-bond donors (Lipinski definition) is 2. The summed E-state index contributed by atoms with van der Waals surface area (Å²) < 4.78 is 2.95. The lowest BCUT2D eigenvalue weighted by molar-refractivity contribution is 0.0246. The second-order valence-corrected chi connectivity index (χ2v) is 5.71. The van der Waals surface area contributed by atoms with Gasteiger partial charge in [-0.1, -0.05) is 0 Å². The Morgan fingerprint density at radius 3 is 2.71 bits per heavy atom. The number of halogens is 1. The highest BCUT2D eigenvalue weighted by Crippen LogP contribution is 2.41. The number of aromatic nitrogens is 2. The van der Waals surface area contributed by atoms with Gasteiger partial charge in [0.15, 0.2) is 0 Å². The van der Waals surface area contributed by atoms with Gasteiger partial charge in [-0.3, -0.25) is 4.68 Å². The fraction of sp³-hybridized carbons (Fsp3) is 0.750. The Morgan fingerprint density at radius 1 is 1.59 bits per heavy atom. The molecule has 1 heterocycles. The molecule has 1 aromatic rings. The van der Waals surface area contributed by atoms with Gasteiger partial charge in [0.1, 0.15) is 0 Å². The first-order valence-corrected chi connectivity index (χ1v) is 6.95. The zero-order valence-corrected chi connectivity index (χ0v) is 12.0. The Balaban J connectivity index is 2.27. The summed E-state index contributed by atoms with van der Waals surface area (Å²) in [6.07, 6.45) is 2.76. The molecule has 4 nitrogen and oxygen atoms in total. The van der Waals surface area contributed by atoms with E-state index in [1.165, 1.54) is 0 Å². The molecule has 1 unspecified atom stereocenters. The smallest absolute Gasteiger partial charge is 0.0852 e. The number of nitrogens with zero attached hydrogens (tertiary/aromatic N) is 2. The molecule has 1 aromatic heterocycles. The third kappa shape index (κ3) is 2.41. The summed E-state index contributed by atoms with van der Waals surface area (Å²) in [7, 11) is 0. The molecule has 1 atom stereocenters. The standard InChI is InChI=1S/C12H20BrN3O/c1-3-16-10(11(13)8(2)15-16)6-12(17,7-14)9-4-5-9/h9,17H,3-7,14H2,1-2H3. The van der Waals surface area contributed by atoms with Crippen LogP contribution in [-0.2, 0) is 13.0 Å². The van der Waals surface area contributed by atoms with Gasteiger partial charge in [-0.2, -0.15) is 5.10 Å². The van der Waals surface area contributed by atoms with Crippen LogP contribution in [0.2, 0.25) is 0 Å². The van der Waals surface area contributed by atoms with Crippen molar-refractivity contribution in [1.82, 2.24) is 9.78 Å². The lowest BCUT2D eigenvalue weighted by atomic mass is 9.92. The predicted octanol–water partition coefficient (Wildman–Crippen LogP) is 1.62. The highest BCUT2D eigenvalue weighted by atomic mass is 79.9. The van der Waals surface area contributed by atoms with E-state index in [1.807, 2.05) is 11.6 Å². The van der Waals surface area contributed by atoms with Crippen LogP contribution in [0.15, 0.2) is 4.47 Å². The molecule has 96 valence electrons. The fourth-order valence-electron chi connectivity index (χ4n) is 2.33. The van der Waals surface area contributed by atoms with Crippen molar-refractivity contribution < 1.29 is 5.11 Å².